The molecule has 0 aliphatic heterocycles. The Morgan fingerprint density at radius 2 is 1.95 bits per heavy atom. The van der Waals surface area contributed by atoms with Crippen LogP contribution >= 0.6 is 24.2 Å². The number of thioether (sulfide) groups is 1. The average molecular weight is 317 g/mol. The van der Waals surface area contributed by atoms with Crippen molar-refractivity contribution >= 4 is 30.1 Å². The number of rotatable bonds is 8. The van der Waals surface area contributed by atoms with Crippen LogP contribution in [0.5, 0.6) is 0 Å². The van der Waals surface area contributed by atoms with Crippen LogP contribution < -0.4 is 11.1 Å². The van der Waals surface area contributed by atoms with Crippen LogP contribution in [0.15, 0.2) is 24.3 Å². The van der Waals surface area contributed by atoms with Gasteiger partial charge in [0.05, 0.1) is 0 Å². The monoisotopic (exact) mass is 316 g/mol. The summed E-state index contributed by atoms with van der Waals surface area (Å²) in [5.41, 5.74) is 7.27. The molecule has 0 saturated carbocycles. The molecule has 0 saturated heterocycles. The Hall–Kier alpha value is -0.710. The third-order valence-corrected chi connectivity index (χ3v) is 4.13. The van der Waals surface area contributed by atoms with Crippen LogP contribution in [-0.4, -0.2) is 24.0 Å². The van der Waals surface area contributed by atoms with Gasteiger partial charge in [-0.3, -0.25) is 4.79 Å². The van der Waals surface area contributed by atoms with Gasteiger partial charge >= 0.3 is 0 Å². The van der Waals surface area contributed by atoms with Gasteiger partial charge in [-0.1, -0.05) is 26.0 Å². The van der Waals surface area contributed by atoms with Crippen molar-refractivity contribution in [2.45, 2.75) is 26.8 Å². The highest BCUT2D eigenvalue weighted by atomic mass is 35.5. The van der Waals surface area contributed by atoms with Gasteiger partial charge in [0.15, 0.2) is 0 Å². The van der Waals surface area contributed by atoms with Crippen molar-refractivity contribution in [3.05, 3.63) is 35.4 Å². The molecule has 3 N–H and O–H groups in total. The lowest BCUT2D eigenvalue weighted by atomic mass is 10.1. The Labute approximate surface area is 132 Å². The molecule has 0 spiro atoms. The Morgan fingerprint density at radius 3 is 2.50 bits per heavy atom. The van der Waals surface area contributed by atoms with Crippen LogP contribution in [-0.2, 0) is 6.54 Å². The highest BCUT2D eigenvalue weighted by Crippen LogP contribution is 2.08. The van der Waals surface area contributed by atoms with Gasteiger partial charge in [0, 0.05) is 18.7 Å². The summed E-state index contributed by atoms with van der Waals surface area (Å²) < 4.78 is 0. The fourth-order valence-electron chi connectivity index (χ4n) is 1.59. The molecule has 0 aliphatic rings. The van der Waals surface area contributed by atoms with Gasteiger partial charge in [-0.15, -0.1) is 12.4 Å². The molecule has 0 unspecified atom stereocenters. The second kappa shape index (κ2) is 11.0. The van der Waals surface area contributed by atoms with Crippen LogP contribution in [0.2, 0.25) is 0 Å². The van der Waals surface area contributed by atoms with Gasteiger partial charge in [0.2, 0.25) is 0 Å². The first-order chi connectivity index (χ1) is 9.13. The van der Waals surface area contributed by atoms with Crippen molar-refractivity contribution in [2.75, 3.05) is 18.1 Å². The topological polar surface area (TPSA) is 55.1 Å². The molecular formula is C15H25ClN2OS. The molecule has 20 heavy (non-hydrogen) atoms. The minimum atomic E-state index is -0.00238. The number of benzene rings is 1. The number of halogens is 1. The van der Waals surface area contributed by atoms with Crippen LogP contribution in [0.3, 0.4) is 0 Å². The molecule has 1 amide bonds. The molecule has 0 heterocycles. The molecule has 1 aromatic carbocycles. The normalized spacial score (nSPS) is 10.2. The lowest BCUT2D eigenvalue weighted by Gasteiger charge is -2.07. The Morgan fingerprint density at radius 1 is 1.30 bits per heavy atom. The van der Waals surface area contributed by atoms with Crippen LogP contribution in [0.1, 0.15) is 36.2 Å². The first-order valence-corrected chi connectivity index (χ1v) is 7.94. The number of hydrogen-bond acceptors (Lipinski definition) is 3. The second-order valence-electron chi connectivity index (χ2n) is 4.98. The quantitative estimate of drug-likeness (QED) is 0.725. The molecule has 0 aliphatic carbocycles. The van der Waals surface area contributed by atoms with Gasteiger partial charge in [0.25, 0.3) is 5.91 Å². The summed E-state index contributed by atoms with van der Waals surface area (Å²) >= 11 is 1.95. The molecule has 0 fully saturated rings. The summed E-state index contributed by atoms with van der Waals surface area (Å²) in [5, 5.41) is 2.94. The molecule has 0 radical (unpaired) electrons. The van der Waals surface area contributed by atoms with Crippen molar-refractivity contribution in [2.24, 2.45) is 11.7 Å². The van der Waals surface area contributed by atoms with Crippen molar-refractivity contribution in [1.82, 2.24) is 5.32 Å². The highest BCUT2D eigenvalue weighted by Gasteiger charge is 2.04. The van der Waals surface area contributed by atoms with E-state index in [1.165, 1.54) is 5.75 Å². The summed E-state index contributed by atoms with van der Waals surface area (Å²) in [6.45, 7) is 5.69. The van der Waals surface area contributed by atoms with Crippen LogP contribution in [0, 0.1) is 5.92 Å². The third-order valence-electron chi connectivity index (χ3n) is 2.65. The van der Waals surface area contributed by atoms with E-state index in [1.807, 2.05) is 36.0 Å². The lowest BCUT2D eigenvalue weighted by Crippen LogP contribution is -2.24. The van der Waals surface area contributed by atoms with E-state index in [4.69, 9.17) is 5.73 Å². The van der Waals surface area contributed by atoms with Crippen molar-refractivity contribution < 1.29 is 4.79 Å². The number of hydrogen-bond donors (Lipinski definition) is 2. The van der Waals surface area contributed by atoms with E-state index in [1.54, 1.807) is 0 Å². The molecule has 0 bridgehead atoms. The zero-order valence-electron chi connectivity index (χ0n) is 12.2. The molecule has 0 atom stereocenters. The van der Waals surface area contributed by atoms with Gasteiger partial charge in [-0.05, 0) is 41.5 Å². The zero-order chi connectivity index (χ0) is 14.1. The molecule has 3 nitrogen and oxygen atoms in total. The molecule has 1 rings (SSSR count). The number of nitrogens with one attached hydrogen (secondary N) is 1. The predicted octanol–water partition coefficient (Wildman–Crippen LogP) is 3.08. The summed E-state index contributed by atoms with van der Waals surface area (Å²) in [7, 11) is 0. The maximum Gasteiger partial charge on any atom is 0.251 e. The van der Waals surface area contributed by atoms with Crippen molar-refractivity contribution in [1.29, 1.82) is 0 Å². The van der Waals surface area contributed by atoms with Gasteiger partial charge in [0.1, 0.15) is 0 Å². The standard InChI is InChI=1S/C15H24N2OS.ClH/c1-12(2)11-19-9-3-8-17-15(18)14-6-4-13(10-16)5-7-14;/h4-7,12H,3,8-11,16H2,1-2H3,(H,17,18);1H. The number of carbonyl (C=O) groups is 1. The van der Waals surface area contributed by atoms with E-state index >= 15 is 0 Å². The molecule has 1 aromatic rings. The summed E-state index contributed by atoms with van der Waals surface area (Å²) in [6, 6.07) is 7.44. The summed E-state index contributed by atoms with van der Waals surface area (Å²) in [6.07, 6.45) is 1.02. The maximum atomic E-state index is 11.8. The third kappa shape index (κ3) is 7.78. The average Bonchev–Trinajstić information content (AvgIpc) is 2.42. The first-order valence-electron chi connectivity index (χ1n) is 6.78. The van der Waals surface area contributed by atoms with E-state index in [0.717, 1.165) is 30.2 Å². The van der Waals surface area contributed by atoms with E-state index in [0.29, 0.717) is 12.1 Å². The molecule has 114 valence electrons. The zero-order valence-corrected chi connectivity index (χ0v) is 13.9. The fraction of sp³-hybridized carbons (Fsp3) is 0.533. The molecular weight excluding hydrogens is 292 g/mol. The lowest BCUT2D eigenvalue weighted by molar-refractivity contribution is 0.0954. The number of nitrogens with two attached hydrogens (primary N) is 1. The predicted molar refractivity (Wildman–Crippen MR) is 90.7 cm³/mol. The summed E-state index contributed by atoms with van der Waals surface area (Å²) in [5.74, 6) is 3.03. The van der Waals surface area contributed by atoms with E-state index in [2.05, 4.69) is 19.2 Å². The molecule has 5 heteroatoms. The Kier molecular flexibility index (Phi) is 10.6. The van der Waals surface area contributed by atoms with Gasteiger partial charge in [-0.25, -0.2) is 0 Å². The van der Waals surface area contributed by atoms with E-state index in [9.17, 15) is 4.79 Å². The summed E-state index contributed by atoms with van der Waals surface area (Å²) in [4.78, 5) is 11.8. The van der Waals surface area contributed by atoms with Crippen molar-refractivity contribution in [3.8, 4) is 0 Å². The SMILES string of the molecule is CC(C)CSCCCNC(=O)c1ccc(CN)cc1.Cl. The smallest absolute Gasteiger partial charge is 0.251 e. The van der Waals surface area contributed by atoms with Gasteiger partial charge in [-0.2, -0.15) is 11.8 Å². The van der Waals surface area contributed by atoms with E-state index in [-0.39, 0.29) is 18.3 Å². The van der Waals surface area contributed by atoms with Crippen LogP contribution in [0.4, 0.5) is 0 Å². The number of carbonyl (C=O) groups excluding carboxylic acids is 1. The first kappa shape index (κ1) is 19.3. The largest absolute Gasteiger partial charge is 0.352 e. The fourth-order valence-corrected chi connectivity index (χ4v) is 2.58. The van der Waals surface area contributed by atoms with E-state index < -0.39 is 0 Å². The van der Waals surface area contributed by atoms with Crippen molar-refractivity contribution in [3.63, 3.8) is 0 Å². The Balaban J connectivity index is 0.00000361. The number of amides is 1. The maximum absolute atomic E-state index is 11.8. The van der Waals surface area contributed by atoms with Gasteiger partial charge < -0.3 is 11.1 Å². The highest BCUT2D eigenvalue weighted by molar-refractivity contribution is 7.99. The minimum absolute atomic E-state index is 0. The van der Waals surface area contributed by atoms with Crippen LogP contribution in [0.25, 0.3) is 0 Å². The molecule has 0 aromatic heterocycles. The Bertz CT molecular complexity index is 382. The second-order valence-corrected chi connectivity index (χ2v) is 6.13. The minimum Gasteiger partial charge on any atom is -0.352 e.